The van der Waals surface area contributed by atoms with Gasteiger partial charge in [0.2, 0.25) is 0 Å². The number of hydrogen-bond donors (Lipinski definition) is 1. The lowest BCUT2D eigenvalue weighted by Gasteiger charge is -2.31. The van der Waals surface area contributed by atoms with Crippen LogP contribution < -0.4 is 5.32 Å². The maximum atomic E-state index is 12.9. The largest absolute Gasteiger partial charge is 0.337 e. The van der Waals surface area contributed by atoms with Gasteiger partial charge in [-0.2, -0.15) is 5.10 Å². The van der Waals surface area contributed by atoms with Crippen LogP contribution >= 0.6 is 12.4 Å². The monoisotopic (exact) mass is 368 g/mol. The van der Waals surface area contributed by atoms with Crippen molar-refractivity contribution in [1.29, 1.82) is 0 Å². The van der Waals surface area contributed by atoms with Crippen LogP contribution in [-0.4, -0.2) is 46.8 Å². The summed E-state index contributed by atoms with van der Waals surface area (Å²) in [5, 5.41) is 8.12. The zero-order chi connectivity index (χ0) is 17.3. The Morgan fingerprint density at radius 1 is 1.24 bits per heavy atom. The van der Waals surface area contributed by atoms with Crippen molar-refractivity contribution >= 4 is 18.3 Å². The van der Waals surface area contributed by atoms with E-state index in [0.717, 1.165) is 39.0 Å². The summed E-state index contributed by atoms with van der Waals surface area (Å²) in [6.07, 6.45) is 4.64. The quantitative estimate of drug-likeness (QED) is 0.866. The Labute approximate surface area is 157 Å². The topological polar surface area (TPSA) is 50.2 Å². The zero-order valence-electron chi connectivity index (χ0n) is 16.0. The molecule has 0 bridgehead atoms. The molecule has 142 valence electrons. The fraction of sp³-hybridized carbons (Fsp3) is 0.789. The molecular formula is C19H33ClN4O. The summed E-state index contributed by atoms with van der Waals surface area (Å²) in [6, 6.07) is 2.05. The van der Waals surface area contributed by atoms with E-state index in [1.807, 2.05) is 4.90 Å². The van der Waals surface area contributed by atoms with E-state index in [-0.39, 0.29) is 23.9 Å². The van der Waals surface area contributed by atoms with Crippen LogP contribution in [0.2, 0.25) is 0 Å². The van der Waals surface area contributed by atoms with Gasteiger partial charge in [-0.25, -0.2) is 0 Å². The highest BCUT2D eigenvalue weighted by Crippen LogP contribution is 2.41. The van der Waals surface area contributed by atoms with Crippen molar-refractivity contribution in [2.75, 3.05) is 26.2 Å². The van der Waals surface area contributed by atoms with Crippen LogP contribution in [0.3, 0.4) is 0 Å². The number of amides is 1. The molecule has 1 aromatic heterocycles. The highest BCUT2D eigenvalue weighted by molar-refractivity contribution is 5.92. The Morgan fingerprint density at radius 3 is 2.40 bits per heavy atom. The minimum Gasteiger partial charge on any atom is -0.337 e. The lowest BCUT2D eigenvalue weighted by molar-refractivity contribution is 0.0682. The van der Waals surface area contributed by atoms with Crippen molar-refractivity contribution in [3.05, 3.63) is 17.5 Å². The third-order valence-corrected chi connectivity index (χ3v) is 5.17. The van der Waals surface area contributed by atoms with Gasteiger partial charge in [0.15, 0.2) is 5.69 Å². The normalized spacial score (nSPS) is 19.0. The van der Waals surface area contributed by atoms with Gasteiger partial charge in [0.25, 0.3) is 5.91 Å². The highest BCUT2D eigenvalue weighted by Gasteiger charge is 2.33. The molecule has 2 fully saturated rings. The van der Waals surface area contributed by atoms with Gasteiger partial charge in [-0.1, -0.05) is 6.92 Å². The van der Waals surface area contributed by atoms with E-state index in [9.17, 15) is 4.79 Å². The average molecular weight is 369 g/mol. The minimum atomic E-state index is -0.0741. The molecule has 1 aliphatic heterocycles. The van der Waals surface area contributed by atoms with Gasteiger partial charge in [0, 0.05) is 24.7 Å². The first kappa shape index (κ1) is 20.2. The molecule has 25 heavy (non-hydrogen) atoms. The number of piperidine rings is 1. The van der Waals surface area contributed by atoms with Crippen LogP contribution in [0, 0.1) is 5.92 Å². The predicted molar refractivity (Wildman–Crippen MR) is 104 cm³/mol. The van der Waals surface area contributed by atoms with Crippen molar-refractivity contribution in [1.82, 2.24) is 20.0 Å². The fourth-order valence-electron chi connectivity index (χ4n) is 3.56. The van der Waals surface area contributed by atoms with Crippen LogP contribution in [0.25, 0.3) is 0 Å². The van der Waals surface area contributed by atoms with E-state index in [0.29, 0.717) is 17.5 Å². The molecule has 1 aliphatic carbocycles. The lowest BCUT2D eigenvalue weighted by Crippen LogP contribution is -2.41. The second-order valence-electron chi connectivity index (χ2n) is 8.35. The molecule has 0 radical (unpaired) electrons. The fourth-order valence-corrected chi connectivity index (χ4v) is 3.56. The van der Waals surface area contributed by atoms with Crippen LogP contribution in [0.4, 0.5) is 0 Å². The third kappa shape index (κ3) is 4.76. The predicted octanol–water partition coefficient (Wildman–Crippen LogP) is 3.40. The molecule has 1 amide bonds. The third-order valence-electron chi connectivity index (χ3n) is 5.17. The molecule has 1 aromatic rings. The van der Waals surface area contributed by atoms with E-state index in [1.54, 1.807) is 0 Å². The summed E-state index contributed by atoms with van der Waals surface area (Å²) in [6.45, 7) is 12.4. The maximum absolute atomic E-state index is 12.9. The molecule has 0 unspecified atom stereocenters. The number of hydrogen-bond acceptors (Lipinski definition) is 3. The summed E-state index contributed by atoms with van der Waals surface area (Å²) in [5.41, 5.74) is 1.81. The lowest BCUT2D eigenvalue weighted by atomic mass is 9.96. The van der Waals surface area contributed by atoms with Crippen molar-refractivity contribution < 1.29 is 4.79 Å². The number of nitrogens with zero attached hydrogens (tertiary/aromatic N) is 3. The Kier molecular flexibility index (Phi) is 6.55. The summed E-state index contributed by atoms with van der Waals surface area (Å²) < 4.78 is 2.08. The number of rotatable bonds is 5. The Balaban J connectivity index is 0.00000225. The van der Waals surface area contributed by atoms with Gasteiger partial charge < -0.3 is 10.2 Å². The number of nitrogens with one attached hydrogen (secondary N) is 1. The second kappa shape index (κ2) is 8.09. The summed E-state index contributed by atoms with van der Waals surface area (Å²) in [4.78, 5) is 14.9. The van der Waals surface area contributed by atoms with E-state index in [4.69, 9.17) is 5.10 Å². The zero-order valence-corrected chi connectivity index (χ0v) is 16.9. The molecule has 2 aliphatic rings. The molecule has 0 spiro atoms. The molecule has 5 nitrogen and oxygen atoms in total. The first-order chi connectivity index (χ1) is 11.4. The molecular weight excluding hydrogens is 336 g/mol. The first-order valence-corrected chi connectivity index (χ1v) is 9.50. The van der Waals surface area contributed by atoms with Crippen molar-refractivity contribution in [2.24, 2.45) is 5.92 Å². The second-order valence-corrected chi connectivity index (χ2v) is 8.35. The van der Waals surface area contributed by atoms with E-state index in [2.05, 4.69) is 43.8 Å². The average Bonchev–Trinajstić information content (AvgIpc) is 3.29. The van der Waals surface area contributed by atoms with Crippen LogP contribution in [0.1, 0.15) is 75.5 Å². The smallest absolute Gasteiger partial charge is 0.274 e. The van der Waals surface area contributed by atoms with Crippen LogP contribution in [-0.2, 0) is 5.54 Å². The van der Waals surface area contributed by atoms with Gasteiger partial charge in [0.1, 0.15) is 0 Å². The van der Waals surface area contributed by atoms with E-state index < -0.39 is 0 Å². The van der Waals surface area contributed by atoms with E-state index >= 15 is 0 Å². The van der Waals surface area contributed by atoms with Gasteiger partial charge in [-0.3, -0.25) is 9.48 Å². The molecule has 1 saturated heterocycles. The molecule has 0 atom stereocenters. The van der Waals surface area contributed by atoms with Crippen LogP contribution in [0.15, 0.2) is 6.07 Å². The highest BCUT2D eigenvalue weighted by atomic mass is 35.5. The number of carbonyl (C=O) groups is 1. The van der Waals surface area contributed by atoms with Gasteiger partial charge in [-0.05, 0) is 71.5 Å². The number of halogens is 1. The first-order valence-electron chi connectivity index (χ1n) is 9.50. The summed E-state index contributed by atoms with van der Waals surface area (Å²) in [7, 11) is 0. The molecule has 6 heteroatoms. The summed E-state index contributed by atoms with van der Waals surface area (Å²) in [5.74, 6) is 1.41. The molecule has 3 rings (SSSR count). The Bertz CT molecular complexity index is 581. The Morgan fingerprint density at radius 2 is 1.88 bits per heavy atom. The van der Waals surface area contributed by atoms with Gasteiger partial charge in [-0.15, -0.1) is 12.4 Å². The standard InChI is InChI=1S/C19H32N4O.ClH/c1-5-20-13-14-8-10-22(11-9-14)18(24)16-12-17(15-6-7-15)23(21-16)19(2,3)4;/h12,14-15,20H,5-11,13H2,1-4H3;1H. The maximum Gasteiger partial charge on any atom is 0.274 e. The van der Waals surface area contributed by atoms with Gasteiger partial charge in [0.05, 0.1) is 5.54 Å². The Hall–Kier alpha value is -1.07. The molecule has 0 aromatic carbocycles. The van der Waals surface area contributed by atoms with E-state index in [1.165, 1.54) is 18.5 Å². The van der Waals surface area contributed by atoms with Crippen molar-refractivity contribution in [2.45, 2.75) is 64.8 Å². The number of carbonyl (C=O) groups excluding carboxylic acids is 1. The number of likely N-dealkylation sites (tertiary alicyclic amines) is 1. The summed E-state index contributed by atoms with van der Waals surface area (Å²) >= 11 is 0. The SMILES string of the molecule is CCNCC1CCN(C(=O)c2cc(C3CC3)n(C(C)(C)C)n2)CC1.Cl. The van der Waals surface area contributed by atoms with Crippen molar-refractivity contribution in [3.8, 4) is 0 Å². The molecule has 2 heterocycles. The van der Waals surface area contributed by atoms with Gasteiger partial charge >= 0.3 is 0 Å². The minimum absolute atomic E-state index is 0. The number of aromatic nitrogens is 2. The molecule has 1 N–H and O–H groups in total. The molecule has 1 saturated carbocycles. The van der Waals surface area contributed by atoms with Crippen molar-refractivity contribution in [3.63, 3.8) is 0 Å². The van der Waals surface area contributed by atoms with Crippen LogP contribution in [0.5, 0.6) is 0 Å².